The summed E-state index contributed by atoms with van der Waals surface area (Å²) >= 11 is 0. The Morgan fingerprint density at radius 1 is 1.43 bits per heavy atom. The van der Waals surface area contributed by atoms with Gasteiger partial charge in [0.15, 0.2) is 0 Å². The molecular weight excluding hydrogens is 288 g/mol. The molecule has 0 radical (unpaired) electrons. The van der Waals surface area contributed by atoms with Gasteiger partial charge in [0.2, 0.25) is 0 Å². The number of carbonyl (C=O) groups excluding carboxylic acids is 1. The summed E-state index contributed by atoms with van der Waals surface area (Å²) in [5.74, 6) is 2.74. The van der Waals surface area contributed by atoms with Gasteiger partial charge in [-0.3, -0.25) is 4.79 Å². The summed E-state index contributed by atoms with van der Waals surface area (Å²) in [5.41, 5.74) is 0.962. The lowest BCUT2D eigenvalue weighted by atomic mass is 9.51. The smallest absolute Gasteiger partial charge is 0.146 e. The largest absolute Gasteiger partial charge is 0.490 e. The average Bonchev–Trinajstić information content (AvgIpc) is 2.69. The highest BCUT2D eigenvalue weighted by Crippen LogP contribution is 2.64. The number of aliphatic hydroxyl groups is 1. The molecule has 3 nitrogen and oxygen atoms in total. The van der Waals surface area contributed by atoms with Crippen molar-refractivity contribution >= 4 is 6.29 Å². The summed E-state index contributed by atoms with van der Waals surface area (Å²) in [6.45, 7) is 11.2. The summed E-state index contributed by atoms with van der Waals surface area (Å²) in [6, 6.07) is 0. The van der Waals surface area contributed by atoms with Gasteiger partial charge < -0.3 is 9.84 Å². The van der Waals surface area contributed by atoms with E-state index in [1.807, 2.05) is 0 Å². The number of ether oxygens (including phenoxy) is 1. The number of allylic oxidation sites excluding steroid dienone is 2. The van der Waals surface area contributed by atoms with Crippen LogP contribution in [0.4, 0.5) is 0 Å². The minimum Gasteiger partial charge on any atom is -0.490 e. The number of carbonyl (C=O) groups is 1. The highest BCUT2D eigenvalue weighted by Gasteiger charge is 2.62. The van der Waals surface area contributed by atoms with Gasteiger partial charge in [-0.15, -0.1) is 0 Å². The molecule has 3 heteroatoms. The monoisotopic (exact) mass is 318 g/mol. The first-order valence-corrected chi connectivity index (χ1v) is 9.08. The number of hydrogen-bond donors (Lipinski definition) is 1. The predicted octanol–water partition coefficient (Wildman–Crippen LogP) is 3.73. The fourth-order valence-corrected chi connectivity index (χ4v) is 5.82. The Morgan fingerprint density at radius 2 is 2.13 bits per heavy atom. The fourth-order valence-electron chi connectivity index (χ4n) is 5.82. The molecule has 8 atom stereocenters. The van der Waals surface area contributed by atoms with Crippen LogP contribution in [0.2, 0.25) is 0 Å². The summed E-state index contributed by atoms with van der Waals surface area (Å²) in [7, 11) is 0. The van der Waals surface area contributed by atoms with Crippen molar-refractivity contribution in [3.8, 4) is 0 Å². The van der Waals surface area contributed by atoms with Crippen LogP contribution in [0.5, 0.6) is 0 Å². The summed E-state index contributed by atoms with van der Waals surface area (Å²) in [6.07, 6.45) is 6.37. The molecule has 2 bridgehead atoms. The van der Waals surface area contributed by atoms with E-state index in [1.54, 1.807) is 6.08 Å². The van der Waals surface area contributed by atoms with Gasteiger partial charge in [0.25, 0.3) is 0 Å². The van der Waals surface area contributed by atoms with E-state index in [9.17, 15) is 9.90 Å². The summed E-state index contributed by atoms with van der Waals surface area (Å²) in [4.78, 5) is 11.2. The molecule has 1 unspecified atom stereocenters. The Morgan fingerprint density at radius 3 is 2.74 bits per heavy atom. The zero-order valence-electron chi connectivity index (χ0n) is 15.0. The van der Waals surface area contributed by atoms with E-state index in [0.717, 1.165) is 30.5 Å². The van der Waals surface area contributed by atoms with E-state index >= 15 is 0 Å². The summed E-state index contributed by atoms with van der Waals surface area (Å²) in [5, 5.41) is 10.8. The van der Waals surface area contributed by atoms with Crippen LogP contribution in [0.25, 0.3) is 0 Å². The maximum Gasteiger partial charge on any atom is 0.146 e. The van der Waals surface area contributed by atoms with Gasteiger partial charge in [-0.25, -0.2) is 0 Å². The number of aldehydes is 1. The van der Waals surface area contributed by atoms with Crippen molar-refractivity contribution in [3.05, 3.63) is 23.5 Å². The van der Waals surface area contributed by atoms with Crippen molar-refractivity contribution in [3.63, 3.8) is 0 Å². The first-order valence-electron chi connectivity index (χ1n) is 9.08. The molecule has 128 valence electrons. The zero-order chi connectivity index (χ0) is 16.9. The van der Waals surface area contributed by atoms with Gasteiger partial charge in [0, 0.05) is 17.4 Å². The Labute approximate surface area is 139 Å². The van der Waals surface area contributed by atoms with Gasteiger partial charge in [0.05, 0.1) is 6.10 Å². The zero-order valence-corrected chi connectivity index (χ0v) is 15.0. The normalized spacial score (nSPS) is 48.4. The van der Waals surface area contributed by atoms with Crippen LogP contribution in [0.3, 0.4) is 0 Å². The SMILES string of the molecule is CCC(C)[C@H]1[C@@H]2C=C3[C@H]([C@H](C)C[C@H](C)[C@H]3O)[C@@]1(C)/C(=C/C=O)O2. The molecule has 1 N–H and O–H groups in total. The van der Waals surface area contributed by atoms with E-state index in [0.29, 0.717) is 17.8 Å². The van der Waals surface area contributed by atoms with Crippen LogP contribution in [-0.4, -0.2) is 23.6 Å². The Kier molecular flexibility index (Phi) is 4.20. The molecule has 1 heterocycles. The molecule has 1 saturated carbocycles. The number of aliphatic hydroxyl groups excluding tert-OH is 1. The Hall–Kier alpha value is -1.09. The first-order chi connectivity index (χ1) is 10.9. The highest BCUT2D eigenvalue weighted by molar-refractivity contribution is 5.66. The molecule has 0 spiro atoms. The van der Waals surface area contributed by atoms with Gasteiger partial charge in [-0.05, 0) is 41.7 Å². The van der Waals surface area contributed by atoms with Crippen LogP contribution in [0.15, 0.2) is 23.5 Å². The van der Waals surface area contributed by atoms with Crippen molar-refractivity contribution in [2.24, 2.45) is 35.0 Å². The quantitative estimate of drug-likeness (QED) is 0.490. The van der Waals surface area contributed by atoms with Crippen LogP contribution < -0.4 is 0 Å². The summed E-state index contributed by atoms with van der Waals surface area (Å²) < 4.78 is 6.23. The second kappa shape index (κ2) is 5.77. The van der Waals surface area contributed by atoms with Crippen LogP contribution in [0, 0.1) is 35.0 Å². The van der Waals surface area contributed by atoms with Crippen molar-refractivity contribution in [1.29, 1.82) is 0 Å². The second-order valence-corrected chi connectivity index (χ2v) is 8.22. The van der Waals surface area contributed by atoms with Gasteiger partial charge in [0.1, 0.15) is 18.1 Å². The molecule has 1 aliphatic heterocycles. The molecule has 0 aromatic rings. The third kappa shape index (κ3) is 2.23. The Bertz CT molecular complexity index is 549. The standard InChI is InChI=1S/C20H30O3/c1-6-11(2)18-15-10-14-17(12(3)9-13(4)19(14)22)20(18,5)16(23-15)7-8-21/h7-8,10-13,15,17-19,22H,6,9H2,1-5H3/b16-7-/t11?,12-,13+,15+,17+,18+,19-,20-/m1/s1. The molecular formula is C20H30O3. The van der Waals surface area contributed by atoms with Crippen LogP contribution in [0.1, 0.15) is 47.5 Å². The molecule has 3 rings (SSSR count). The average molecular weight is 318 g/mol. The van der Waals surface area contributed by atoms with Gasteiger partial charge in [-0.2, -0.15) is 0 Å². The molecule has 1 saturated heterocycles. The van der Waals surface area contributed by atoms with Gasteiger partial charge >= 0.3 is 0 Å². The van der Waals surface area contributed by atoms with E-state index < -0.39 is 0 Å². The molecule has 23 heavy (non-hydrogen) atoms. The third-order valence-corrected chi connectivity index (χ3v) is 6.87. The fraction of sp³-hybridized carbons (Fsp3) is 0.750. The molecule has 0 aromatic heterocycles. The number of hydrogen-bond acceptors (Lipinski definition) is 3. The molecule has 2 fully saturated rings. The van der Waals surface area contributed by atoms with E-state index in [1.165, 1.54) is 0 Å². The first kappa shape index (κ1) is 16.8. The van der Waals surface area contributed by atoms with Crippen molar-refractivity contribution in [2.75, 3.05) is 0 Å². The second-order valence-electron chi connectivity index (χ2n) is 8.22. The van der Waals surface area contributed by atoms with E-state index in [4.69, 9.17) is 4.74 Å². The van der Waals surface area contributed by atoms with E-state index in [2.05, 4.69) is 40.7 Å². The number of rotatable bonds is 3. The van der Waals surface area contributed by atoms with Crippen molar-refractivity contribution < 1.29 is 14.6 Å². The molecule has 0 aromatic carbocycles. The highest BCUT2D eigenvalue weighted by atomic mass is 16.5. The lowest BCUT2D eigenvalue weighted by molar-refractivity contribution is -0.104. The topological polar surface area (TPSA) is 46.5 Å². The number of fused-ring (bicyclic) bond motifs is 4. The Balaban J connectivity index is 2.15. The van der Waals surface area contributed by atoms with Crippen molar-refractivity contribution in [1.82, 2.24) is 0 Å². The van der Waals surface area contributed by atoms with Gasteiger partial charge in [-0.1, -0.05) is 41.0 Å². The minimum atomic E-state index is -0.380. The lowest BCUT2D eigenvalue weighted by Gasteiger charge is -2.52. The van der Waals surface area contributed by atoms with E-state index in [-0.39, 0.29) is 29.5 Å². The molecule has 2 aliphatic carbocycles. The maximum atomic E-state index is 11.2. The minimum absolute atomic E-state index is 0.0143. The molecule has 3 aliphatic rings. The van der Waals surface area contributed by atoms with Crippen molar-refractivity contribution in [2.45, 2.75) is 59.7 Å². The van der Waals surface area contributed by atoms with Crippen LogP contribution >= 0.6 is 0 Å². The predicted molar refractivity (Wildman–Crippen MR) is 90.6 cm³/mol. The molecule has 0 amide bonds. The third-order valence-electron chi connectivity index (χ3n) is 6.87. The maximum absolute atomic E-state index is 11.2. The lowest BCUT2D eigenvalue weighted by Crippen LogP contribution is -2.51. The van der Waals surface area contributed by atoms with Crippen LogP contribution in [-0.2, 0) is 9.53 Å².